The van der Waals surface area contributed by atoms with Crippen molar-refractivity contribution in [1.82, 2.24) is 0 Å². The lowest BCUT2D eigenvalue weighted by Gasteiger charge is -2.29. The van der Waals surface area contributed by atoms with Gasteiger partial charge in [-0.3, -0.25) is 14.5 Å². The van der Waals surface area contributed by atoms with Gasteiger partial charge in [-0.05, 0) is 35.6 Å². The van der Waals surface area contributed by atoms with Crippen molar-refractivity contribution in [3.63, 3.8) is 0 Å². The van der Waals surface area contributed by atoms with Crippen LogP contribution >= 0.6 is 11.3 Å². The number of para-hydroxylation sites is 2. The highest BCUT2D eigenvalue weighted by Gasteiger charge is 2.28. The van der Waals surface area contributed by atoms with Crippen molar-refractivity contribution in [2.45, 2.75) is 13.3 Å². The first-order valence-corrected chi connectivity index (χ1v) is 7.35. The fraction of sp³-hybridized carbons (Fsp3) is 0.200. The van der Waals surface area contributed by atoms with E-state index in [4.69, 9.17) is 0 Å². The van der Waals surface area contributed by atoms with Gasteiger partial charge >= 0.3 is 0 Å². The Labute approximate surface area is 121 Å². The minimum absolute atomic E-state index is 0.0664. The van der Waals surface area contributed by atoms with Crippen LogP contribution in [0.4, 0.5) is 11.4 Å². The molecule has 1 aromatic carbocycles. The maximum absolute atomic E-state index is 12.7. The minimum atomic E-state index is -0.161. The van der Waals surface area contributed by atoms with E-state index in [1.165, 1.54) is 11.3 Å². The standard InChI is InChI=1S/C15H14N2O2S/c1-2-10-7-8-20-14(10)15(19)17-9-13(18)16-11-5-3-4-6-12(11)17/h3-8H,2,9H2,1H3,(H,16,18). The van der Waals surface area contributed by atoms with Crippen molar-refractivity contribution in [2.24, 2.45) is 0 Å². The van der Waals surface area contributed by atoms with Crippen LogP contribution in [-0.4, -0.2) is 18.4 Å². The third-order valence-electron chi connectivity index (χ3n) is 3.34. The maximum atomic E-state index is 12.7. The molecule has 2 aromatic rings. The molecule has 2 amide bonds. The molecule has 5 heteroatoms. The van der Waals surface area contributed by atoms with Gasteiger partial charge in [0.05, 0.1) is 16.3 Å². The summed E-state index contributed by atoms with van der Waals surface area (Å²) in [5.74, 6) is -0.259. The molecule has 3 rings (SSSR count). The smallest absolute Gasteiger partial charge is 0.269 e. The number of thiophene rings is 1. The van der Waals surface area contributed by atoms with Crippen LogP contribution in [-0.2, 0) is 11.2 Å². The number of aryl methyl sites for hydroxylation is 1. The molecule has 102 valence electrons. The zero-order valence-electron chi connectivity index (χ0n) is 11.1. The fourth-order valence-electron chi connectivity index (χ4n) is 2.34. The minimum Gasteiger partial charge on any atom is -0.323 e. The molecule has 0 saturated heterocycles. The van der Waals surface area contributed by atoms with E-state index in [1.807, 2.05) is 42.6 Å². The molecule has 0 saturated carbocycles. The number of carbonyl (C=O) groups excluding carboxylic acids is 2. The molecule has 20 heavy (non-hydrogen) atoms. The number of nitrogens with one attached hydrogen (secondary N) is 1. The zero-order valence-corrected chi connectivity index (χ0v) is 11.9. The number of carbonyl (C=O) groups is 2. The Bertz CT molecular complexity index is 678. The van der Waals surface area contributed by atoms with E-state index in [2.05, 4.69) is 5.32 Å². The lowest BCUT2D eigenvalue weighted by atomic mass is 10.1. The molecular formula is C15H14N2O2S. The van der Waals surface area contributed by atoms with Gasteiger partial charge in [0.2, 0.25) is 5.91 Å². The van der Waals surface area contributed by atoms with E-state index in [9.17, 15) is 9.59 Å². The number of hydrogen-bond acceptors (Lipinski definition) is 3. The van der Waals surface area contributed by atoms with Crippen LogP contribution < -0.4 is 10.2 Å². The number of amides is 2. The molecule has 0 aliphatic carbocycles. The summed E-state index contributed by atoms with van der Waals surface area (Å²) in [6.45, 7) is 2.09. The predicted molar refractivity (Wildman–Crippen MR) is 80.4 cm³/mol. The molecular weight excluding hydrogens is 272 g/mol. The van der Waals surface area contributed by atoms with Gasteiger partial charge < -0.3 is 5.32 Å². The Morgan fingerprint density at radius 2 is 2.15 bits per heavy atom. The number of fused-ring (bicyclic) bond motifs is 1. The van der Waals surface area contributed by atoms with Gasteiger partial charge in [0.1, 0.15) is 6.54 Å². The lowest BCUT2D eigenvalue weighted by Crippen LogP contribution is -2.42. The molecule has 1 aromatic heterocycles. The second kappa shape index (κ2) is 5.09. The highest BCUT2D eigenvalue weighted by Crippen LogP contribution is 2.31. The molecule has 0 spiro atoms. The number of benzene rings is 1. The van der Waals surface area contributed by atoms with Gasteiger partial charge in [0.15, 0.2) is 0 Å². The Kier molecular flexibility index (Phi) is 3.28. The topological polar surface area (TPSA) is 49.4 Å². The van der Waals surface area contributed by atoms with Crippen LogP contribution in [0.2, 0.25) is 0 Å². The zero-order chi connectivity index (χ0) is 14.1. The molecule has 0 atom stereocenters. The van der Waals surface area contributed by atoms with Gasteiger partial charge in [0.25, 0.3) is 5.91 Å². The molecule has 0 fully saturated rings. The molecule has 0 bridgehead atoms. The van der Waals surface area contributed by atoms with E-state index < -0.39 is 0 Å². The molecule has 0 unspecified atom stereocenters. The summed E-state index contributed by atoms with van der Waals surface area (Å²) in [5.41, 5.74) is 2.47. The van der Waals surface area contributed by atoms with Gasteiger partial charge in [0, 0.05) is 0 Å². The molecule has 1 aliphatic heterocycles. The van der Waals surface area contributed by atoms with Gasteiger partial charge in [-0.2, -0.15) is 0 Å². The number of nitrogens with zero attached hydrogens (tertiary/aromatic N) is 1. The Hall–Kier alpha value is -2.14. The third kappa shape index (κ3) is 2.10. The van der Waals surface area contributed by atoms with E-state index in [1.54, 1.807) is 4.90 Å². The van der Waals surface area contributed by atoms with Gasteiger partial charge in [-0.1, -0.05) is 19.1 Å². The average Bonchev–Trinajstić information content (AvgIpc) is 2.94. The highest BCUT2D eigenvalue weighted by molar-refractivity contribution is 7.12. The predicted octanol–water partition coefficient (Wildman–Crippen LogP) is 2.91. The van der Waals surface area contributed by atoms with Crippen LogP contribution in [0.1, 0.15) is 22.2 Å². The maximum Gasteiger partial charge on any atom is 0.269 e. The first kappa shape index (κ1) is 12.9. The van der Waals surface area contributed by atoms with Gasteiger partial charge in [-0.15, -0.1) is 11.3 Å². The Morgan fingerprint density at radius 1 is 1.35 bits per heavy atom. The quantitative estimate of drug-likeness (QED) is 0.922. The van der Waals surface area contributed by atoms with Crippen LogP contribution in [0.15, 0.2) is 35.7 Å². The second-order valence-corrected chi connectivity index (χ2v) is 5.50. The fourth-order valence-corrected chi connectivity index (χ4v) is 3.28. The van der Waals surface area contributed by atoms with Crippen LogP contribution in [0.5, 0.6) is 0 Å². The normalized spacial score (nSPS) is 13.8. The second-order valence-electron chi connectivity index (χ2n) is 4.59. The number of rotatable bonds is 2. The van der Waals surface area contributed by atoms with E-state index >= 15 is 0 Å². The number of anilines is 2. The first-order valence-electron chi connectivity index (χ1n) is 6.48. The van der Waals surface area contributed by atoms with Crippen molar-refractivity contribution < 1.29 is 9.59 Å². The molecule has 4 nitrogen and oxygen atoms in total. The van der Waals surface area contributed by atoms with Crippen LogP contribution in [0.3, 0.4) is 0 Å². The highest BCUT2D eigenvalue weighted by atomic mass is 32.1. The van der Waals surface area contributed by atoms with Crippen molar-refractivity contribution in [3.8, 4) is 0 Å². The monoisotopic (exact) mass is 286 g/mol. The third-order valence-corrected chi connectivity index (χ3v) is 4.28. The van der Waals surface area contributed by atoms with Crippen molar-refractivity contribution in [2.75, 3.05) is 16.8 Å². The molecule has 2 heterocycles. The van der Waals surface area contributed by atoms with E-state index in [0.29, 0.717) is 5.69 Å². The average molecular weight is 286 g/mol. The molecule has 1 aliphatic rings. The summed E-state index contributed by atoms with van der Waals surface area (Å²) in [5, 5.41) is 4.71. The van der Waals surface area contributed by atoms with Crippen molar-refractivity contribution >= 4 is 34.5 Å². The summed E-state index contributed by atoms with van der Waals surface area (Å²) >= 11 is 1.43. The summed E-state index contributed by atoms with van der Waals surface area (Å²) in [4.78, 5) is 26.7. The van der Waals surface area contributed by atoms with Crippen LogP contribution in [0.25, 0.3) is 0 Å². The summed E-state index contributed by atoms with van der Waals surface area (Å²) in [7, 11) is 0. The SMILES string of the molecule is CCc1ccsc1C(=O)N1CC(=O)Nc2ccccc21. The van der Waals surface area contributed by atoms with Crippen LogP contribution in [0, 0.1) is 0 Å². The summed E-state index contributed by atoms with van der Waals surface area (Å²) < 4.78 is 0. The largest absolute Gasteiger partial charge is 0.323 e. The number of hydrogen-bond donors (Lipinski definition) is 1. The summed E-state index contributed by atoms with van der Waals surface area (Å²) in [6.07, 6.45) is 0.812. The van der Waals surface area contributed by atoms with Gasteiger partial charge in [-0.25, -0.2) is 0 Å². The lowest BCUT2D eigenvalue weighted by molar-refractivity contribution is -0.115. The Balaban J connectivity index is 2.02. The summed E-state index contributed by atoms with van der Waals surface area (Å²) in [6, 6.07) is 9.34. The Morgan fingerprint density at radius 3 is 2.95 bits per heavy atom. The molecule has 1 N–H and O–H groups in total. The van der Waals surface area contributed by atoms with E-state index in [-0.39, 0.29) is 18.4 Å². The molecule has 0 radical (unpaired) electrons. The van der Waals surface area contributed by atoms with Crippen molar-refractivity contribution in [1.29, 1.82) is 0 Å². The first-order chi connectivity index (χ1) is 9.70. The van der Waals surface area contributed by atoms with E-state index in [0.717, 1.165) is 22.5 Å². The van der Waals surface area contributed by atoms with Crippen molar-refractivity contribution in [3.05, 3.63) is 46.2 Å².